The van der Waals surface area contributed by atoms with Gasteiger partial charge in [0.15, 0.2) is 11.5 Å². The van der Waals surface area contributed by atoms with Crippen molar-refractivity contribution in [3.8, 4) is 0 Å². The molecule has 0 saturated carbocycles. The minimum Gasteiger partial charge on any atom is -0.328 e. The van der Waals surface area contributed by atoms with Crippen molar-refractivity contribution in [3.05, 3.63) is 90.4 Å². The summed E-state index contributed by atoms with van der Waals surface area (Å²) in [6.07, 6.45) is 3.57. The van der Waals surface area contributed by atoms with Crippen LogP contribution in [0.1, 0.15) is 42.0 Å². The lowest BCUT2D eigenvalue weighted by molar-refractivity contribution is 0.0729. The number of para-hydroxylation sites is 1. The van der Waals surface area contributed by atoms with Gasteiger partial charge in [0.2, 0.25) is 0 Å². The summed E-state index contributed by atoms with van der Waals surface area (Å²) in [5.74, 6) is 0.594. The molecule has 3 heterocycles. The highest BCUT2D eigenvalue weighted by Gasteiger charge is 2.34. The summed E-state index contributed by atoms with van der Waals surface area (Å²) < 4.78 is 29.8. The number of rotatable bonds is 6. The third-order valence-electron chi connectivity index (χ3n) is 6.17. The van der Waals surface area contributed by atoms with Gasteiger partial charge in [-0.25, -0.2) is 8.42 Å². The number of sulfonamides is 1. The Labute approximate surface area is 198 Å². The van der Waals surface area contributed by atoms with E-state index in [0.717, 1.165) is 24.3 Å². The molecule has 1 fully saturated rings. The molecule has 1 atom stereocenters. The van der Waals surface area contributed by atoms with E-state index in [-0.39, 0.29) is 16.8 Å². The first-order valence-electron chi connectivity index (χ1n) is 11.3. The van der Waals surface area contributed by atoms with E-state index >= 15 is 0 Å². The van der Waals surface area contributed by atoms with Gasteiger partial charge >= 0.3 is 0 Å². The fourth-order valence-electron chi connectivity index (χ4n) is 4.51. The molecule has 9 heteroatoms. The molecule has 0 radical (unpaired) electrons. The fraction of sp³-hybridized carbons (Fsp3) is 0.240. The first kappa shape index (κ1) is 22.1. The summed E-state index contributed by atoms with van der Waals surface area (Å²) in [5.41, 5.74) is 1.79. The Balaban J connectivity index is 1.40. The number of hydrogen-bond donors (Lipinski definition) is 0. The first-order valence-corrected chi connectivity index (χ1v) is 12.7. The Morgan fingerprint density at radius 3 is 2.47 bits per heavy atom. The van der Waals surface area contributed by atoms with Crippen LogP contribution in [-0.2, 0) is 10.0 Å². The molecule has 2 aromatic carbocycles. The largest absolute Gasteiger partial charge is 0.328 e. The predicted molar refractivity (Wildman–Crippen MR) is 129 cm³/mol. The van der Waals surface area contributed by atoms with Gasteiger partial charge in [0, 0.05) is 24.8 Å². The van der Waals surface area contributed by atoms with E-state index in [1.54, 1.807) is 48.2 Å². The van der Waals surface area contributed by atoms with E-state index < -0.39 is 10.0 Å². The molecule has 0 N–H and O–H groups in total. The average molecular weight is 476 g/mol. The molecule has 1 aliphatic heterocycles. The van der Waals surface area contributed by atoms with Gasteiger partial charge in [-0.3, -0.25) is 13.5 Å². The molecule has 4 aromatic rings. The second-order valence-electron chi connectivity index (χ2n) is 8.17. The van der Waals surface area contributed by atoms with Crippen LogP contribution in [0.25, 0.3) is 5.65 Å². The minimum atomic E-state index is -3.75. The zero-order chi connectivity index (χ0) is 23.7. The lowest BCUT2D eigenvalue weighted by Gasteiger charge is -2.24. The third-order valence-corrected chi connectivity index (χ3v) is 8.09. The number of amides is 1. The Hall–Kier alpha value is -3.72. The number of aromatic nitrogens is 3. The van der Waals surface area contributed by atoms with E-state index in [1.807, 2.05) is 34.9 Å². The topological polar surface area (TPSA) is 87.9 Å². The maximum Gasteiger partial charge on any atom is 0.264 e. The van der Waals surface area contributed by atoms with Crippen molar-refractivity contribution in [1.82, 2.24) is 19.5 Å². The van der Waals surface area contributed by atoms with Gasteiger partial charge in [-0.15, -0.1) is 10.2 Å². The summed E-state index contributed by atoms with van der Waals surface area (Å²) in [7, 11) is -3.75. The Morgan fingerprint density at radius 1 is 1.00 bits per heavy atom. The van der Waals surface area contributed by atoms with Gasteiger partial charge in [0.1, 0.15) is 0 Å². The van der Waals surface area contributed by atoms with Crippen molar-refractivity contribution in [2.75, 3.05) is 17.4 Å². The summed E-state index contributed by atoms with van der Waals surface area (Å²) in [5, 5.41) is 8.56. The van der Waals surface area contributed by atoms with Crippen molar-refractivity contribution in [2.45, 2.75) is 30.7 Å². The molecule has 2 aromatic heterocycles. The molecular weight excluding hydrogens is 450 g/mol. The zero-order valence-corrected chi connectivity index (χ0v) is 19.6. The standard InChI is InChI=1S/C25H25N5O3S/c1-2-30(20-9-4-3-5-10-20)34(32,33)21-15-13-19(14-16-21)25(31)28-18-8-11-22(28)24-27-26-23-12-6-7-17-29(23)24/h3-7,9-10,12-17,22H,2,8,11,18H2,1H3. The number of anilines is 1. The lowest BCUT2D eigenvalue weighted by atomic mass is 10.1. The molecule has 1 aliphatic rings. The van der Waals surface area contributed by atoms with E-state index in [9.17, 15) is 13.2 Å². The van der Waals surface area contributed by atoms with Crippen LogP contribution in [0.2, 0.25) is 0 Å². The normalized spacial score (nSPS) is 16.1. The zero-order valence-electron chi connectivity index (χ0n) is 18.8. The molecule has 34 heavy (non-hydrogen) atoms. The predicted octanol–water partition coefficient (Wildman–Crippen LogP) is 3.92. The van der Waals surface area contributed by atoms with Crippen LogP contribution in [0.4, 0.5) is 5.69 Å². The van der Waals surface area contributed by atoms with E-state index in [1.165, 1.54) is 16.4 Å². The average Bonchev–Trinajstić information content (AvgIpc) is 3.52. The van der Waals surface area contributed by atoms with Crippen molar-refractivity contribution in [2.24, 2.45) is 0 Å². The number of hydrogen-bond acceptors (Lipinski definition) is 5. The van der Waals surface area contributed by atoms with Gasteiger partial charge in [-0.05, 0) is 68.3 Å². The SMILES string of the molecule is CCN(c1ccccc1)S(=O)(=O)c1ccc(C(=O)N2CCCC2c2nnc3ccccn23)cc1. The van der Waals surface area contributed by atoms with Crippen LogP contribution < -0.4 is 4.31 Å². The van der Waals surface area contributed by atoms with Gasteiger partial charge in [0.05, 0.1) is 16.6 Å². The number of fused-ring (bicyclic) bond motifs is 1. The van der Waals surface area contributed by atoms with Crippen LogP contribution in [0.5, 0.6) is 0 Å². The maximum atomic E-state index is 13.4. The third kappa shape index (κ3) is 3.81. The lowest BCUT2D eigenvalue weighted by Crippen LogP contribution is -2.32. The fourth-order valence-corrected chi connectivity index (χ4v) is 5.99. The van der Waals surface area contributed by atoms with Crippen molar-refractivity contribution >= 4 is 27.3 Å². The number of likely N-dealkylation sites (tertiary alicyclic amines) is 1. The van der Waals surface area contributed by atoms with E-state index in [4.69, 9.17) is 0 Å². The van der Waals surface area contributed by atoms with Gasteiger partial charge in [0.25, 0.3) is 15.9 Å². The molecule has 174 valence electrons. The number of pyridine rings is 1. The highest BCUT2D eigenvalue weighted by molar-refractivity contribution is 7.92. The smallest absolute Gasteiger partial charge is 0.264 e. The number of nitrogens with zero attached hydrogens (tertiary/aromatic N) is 5. The summed E-state index contributed by atoms with van der Waals surface area (Å²) >= 11 is 0. The van der Waals surface area contributed by atoms with Crippen molar-refractivity contribution in [1.29, 1.82) is 0 Å². The van der Waals surface area contributed by atoms with Crippen LogP contribution in [0, 0.1) is 0 Å². The summed E-state index contributed by atoms with van der Waals surface area (Å²) in [6.45, 7) is 2.71. The van der Waals surface area contributed by atoms with Crippen LogP contribution in [-0.4, -0.2) is 46.9 Å². The summed E-state index contributed by atoms with van der Waals surface area (Å²) in [6, 6.07) is 20.7. The molecule has 1 unspecified atom stereocenters. The van der Waals surface area contributed by atoms with Gasteiger partial charge in [-0.2, -0.15) is 0 Å². The minimum absolute atomic E-state index is 0.144. The van der Waals surface area contributed by atoms with Crippen molar-refractivity contribution in [3.63, 3.8) is 0 Å². The van der Waals surface area contributed by atoms with Crippen LogP contribution >= 0.6 is 0 Å². The second-order valence-corrected chi connectivity index (χ2v) is 10.0. The number of benzene rings is 2. The Kier molecular flexibility index (Phi) is 5.79. The molecule has 5 rings (SSSR count). The monoisotopic (exact) mass is 475 g/mol. The first-order chi connectivity index (χ1) is 16.5. The Morgan fingerprint density at radius 2 is 1.74 bits per heavy atom. The van der Waals surface area contributed by atoms with Crippen LogP contribution in [0.15, 0.2) is 83.9 Å². The molecule has 0 spiro atoms. The molecule has 1 saturated heterocycles. The Bertz CT molecular complexity index is 1420. The molecule has 8 nitrogen and oxygen atoms in total. The summed E-state index contributed by atoms with van der Waals surface area (Å²) in [4.78, 5) is 15.3. The van der Waals surface area contributed by atoms with Gasteiger partial charge in [-0.1, -0.05) is 24.3 Å². The molecule has 0 bridgehead atoms. The quantitative estimate of drug-likeness (QED) is 0.422. The second kappa shape index (κ2) is 8.90. The van der Waals surface area contributed by atoms with Crippen molar-refractivity contribution < 1.29 is 13.2 Å². The van der Waals surface area contributed by atoms with E-state index in [0.29, 0.717) is 24.3 Å². The number of carbonyl (C=O) groups excluding carboxylic acids is 1. The van der Waals surface area contributed by atoms with E-state index in [2.05, 4.69) is 10.2 Å². The highest BCUT2D eigenvalue weighted by Crippen LogP contribution is 2.32. The molecular formula is C25H25N5O3S. The highest BCUT2D eigenvalue weighted by atomic mass is 32.2. The molecule has 1 amide bonds. The molecule has 0 aliphatic carbocycles. The number of carbonyl (C=O) groups is 1. The van der Waals surface area contributed by atoms with Crippen LogP contribution in [0.3, 0.4) is 0 Å². The van der Waals surface area contributed by atoms with Gasteiger partial charge < -0.3 is 4.90 Å². The maximum absolute atomic E-state index is 13.4.